The fraction of sp³-hybridized carbons (Fsp3) is 0.786. The third-order valence-electron chi connectivity index (χ3n) is 3.92. The van der Waals surface area contributed by atoms with Gasteiger partial charge in [-0.3, -0.25) is 0 Å². The van der Waals surface area contributed by atoms with Crippen molar-refractivity contribution in [3.63, 3.8) is 0 Å². The summed E-state index contributed by atoms with van der Waals surface area (Å²) in [7, 11) is 0. The maximum Gasteiger partial charge on any atom is 0.0946 e. The normalized spacial score (nSPS) is 26.9. The molecule has 1 fully saturated rings. The second-order valence-corrected chi connectivity index (χ2v) is 5.46. The smallest absolute Gasteiger partial charge is 0.0946 e. The second-order valence-electron chi connectivity index (χ2n) is 5.46. The van der Waals surface area contributed by atoms with Gasteiger partial charge in [-0.05, 0) is 25.7 Å². The van der Waals surface area contributed by atoms with Gasteiger partial charge in [-0.15, -0.1) is 0 Å². The first kappa shape index (κ1) is 12.6. The first-order valence-corrected chi connectivity index (χ1v) is 6.99. The van der Waals surface area contributed by atoms with Crippen molar-refractivity contribution in [2.75, 3.05) is 0 Å². The van der Waals surface area contributed by atoms with Gasteiger partial charge in [0, 0.05) is 31.0 Å². The predicted octanol–water partition coefficient (Wildman–Crippen LogP) is 2.83. The molecular formula is C14H25N3. The number of nitrogens with one attached hydrogen (secondary N) is 1. The van der Waals surface area contributed by atoms with Gasteiger partial charge in [0.05, 0.1) is 6.33 Å². The molecule has 0 saturated heterocycles. The van der Waals surface area contributed by atoms with Gasteiger partial charge in [-0.2, -0.15) is 0 Å². The van der Waals surface area contributed by atoms with E-state index in [1.807, 2.05) is 18.7 Å². The lowest BCUT2D eigenvalue weighted by molar-refractivity contribution is 0.259. The molecule has 17 heavy (non-hydrogen) atoms. The Hall–Kier alpha value is -0.830. The Balaban J connectivity index is 1.76. The summed E-state index contributed by atoms with van der Waals surface area (Å²) in [6, 6.07) is 1.26. The topological polar surface area (TPSA) is 29.9 Å². The molecule has 1 aliphatic rings. The van der Waals surface area contributed by atoms with Gasteiger partial charge in [0.2, 0.25) is 0 Å². The average molecular weight is 235 g/mol. The Morgan fingerprint density at radius 2 is 2.35 bits per heavy atom. The molecule has 1 saturated carbocycles. The maximum atomic E-state index is 4.08. The van der Waals surface area contributed by atoms with E-state index in [1.54, 1.807) is 0 Å². The van der Waals surface area contributed by atoms with Crippen LogP contribution in [0, 0.1) is 5.92 Å². The van der Waals surface area contributed by atoms with Gasteiger partial charge in [0.15, 0.2) is 0 Å². The summed E-state index contributed by atoms with van der Waals surface area (Å²) in [5.41, 5.74) is 0. The summed E-state index contributed by atoms with van der Waals surface area (Å²) in [4.78, 5) is 4.08. The molecule has 0 aliphatic heterocycles. The largest absolute Gasteiger partial charge is 0.336 e. The van der Waals surface area contributed by atoms with E-state index in [2.05, 4.69) is 28.7 Å². The molecule has 0 bridgehead atoms. The van der Waals surface area contributed by atoms with E-state index in [4.69, 9.17) is 0 Å². The van der Waals surface area contributed by atoms with Gasteiger partial charge >= 0.3 is 0 Å². The van der Waals surface area contributed by atoms with Crippen molar-refractivity contribution in [1.29, 1.82) is 0 Å². The van der Waals surface area contributed by atoms with Crippen molar-refractivity contribution < 1.29 is 0 Å². The Morgan fingerprint density at radius 3 is 3.06 bits per heavy atom. The van der Waals surface area contributed by atoms with Gasteiger partial charge in [0.1, 0.15) is 0 Å². The predicted molar refractivity (Wildman–Crippen MR) is 70.9 cm³/mol. The highest BCUT2D eigenvalue weighted by molar-refractivity contribution is 4.81. The first-order chi connectivity index (χ1) is 8.28. The number of imidazole rings is 1. The molecule has 96 valence electrons. The Kier molecular flexibility index (Phi) is 4.60. The van der Waals surface area contributed by atoms with Crippen LogP contribution in [0.25, 0.3) is 0 Å². The third kappa shape index (κ3) is 3.84. The number of rotatable bonds is 5. The summed E-state index contributed by atoms with van der Waals surface area (Å²) < 4.78 is 2.15. The molecule has 1 aliphatic carbocycles. The van der Waals surface area contributed by atoms with Crippen LogP contribution in [-0.4, -0.2) is 21.6 Å². The standard InChI is InChI=1S/C14H25N3/c1-3-13-5-4-6-14(9-13)16-12(2)10-17-8-7-15-11-17/h7-8,11-14,16H,3-6,9-10H2,1-2H3. The van der Waals surface area contributed by atoms with Gasteiger partial charge < -0.3 is 9.88 Å². The first-order valence-electron chi connectivity index (χ1n) is 6.99. The second kappa shape index (κ2) is 6.20. The minimum Gasteiger partial charge on any atom is -0.336 e. The van der Waals surface area contributed by atoms with Crippen LogP contribution in [0.15, 0.2) is 18.7 Å². The monoisotopic (exact) mass is 235 g/mol. The quantitative estimate of drug-likeness (QED) is 0.850. The summed E-state index contributed by atoms with van der Waals surface area (Å²) in [6.07, 6.45) is 12.7. The highest BCUT2D eigenvalue weighted by atomic mass is 15.1. The van der Waals surface area contributed by atoms with E-state index in [0.717, 1.165) is 18.5 Å². The highest BCUT2D eigenvalue weighted by Gasteiger charge is 2.21. The molecule has 1 aromatic rings. The zero-order valence-electron chi connectivity index (χ0n) is 11.1. The lowest BCUT2D eigenvalue weighted by atomic mass is 9.84. The minimum absolute atomic E-state index is 0.532. The van der Waals surface area contributed by atoms with Gasteiger partial charge in [-0.1, -0.05) is 26.2 Å². The van der Waals surface area contributed by atoms with Crippen LogP contribution in [0.1, 0.15) is 46.0 Å². The molecule has 1 heterocycles. The zero-order chi connectivity index (χ0) is 12.1. The van der Waals surface area contributed by atoms with Crippen LogP contribution in [0.2, 0.25) is 0 Å². The van der Waals surface area contributed by atoms with Gasteiger partial charge in [0.25, 0.3) is 0 Å². The molecule has 3 atom stereocenters. The van der Waals surface area contributed by atoms with Gasteiger partial charge in [-0.25, -0.2) is 4.98 Å². The SMILES string of the molecule is CCC1CCCC(NC(C)Cn2ccnc2)C1. The molecule has 3 nitrogen and oxygen atoms in total. The van der Waals surface area contributed by atoms with Crippen molar-refractivity contribution in [3.8, 4) is 0 Å². The van der Waals surface area contributed by atoms with Crippen LogP contribution >= 0.6 is 0 Å². The Morgan fingerprint density at radius 1 is 1.47 bits per heavy atom. The lowest BCUT2D eigenvalue weighted by Gasteiger charge is -2.31. The van der Waals surface area contributed by atoms with Crippen molar-refractivity contribution in [2.45, 2.75) is 64.6 Å². The van der Waals surface area contributed by atoms with Crippen LogP contribution in [0.4, 0.5) is 0 Å². The number of nitrogens with zero attached hydrogens (tertiary/aromatic N) is 2. The molecule has 1 N–H and O–H groups in total. The molecule has 0 amide bonds. The van der Waals surface area contributed by atoms with E-state index in [0.29, 0.717) is 6.04 Å². The lowest BCUT2D eigenvalue weighted by Crippen LogP contribution is -2.41. The fourth-order valence-corrected chi connectivity index (χ4v) is 2.98. The summed E-state index contributed by atoms with van der Waals surface area (Å²) >= 11 is 0. The highest BCUT2D eigenvalue weighted by Crippen LogP contribution is 2.26. The molecular weight excluding hydrogens is 210 g/mol. The van der Waals surface area contributed by atoms with E-state index in [9.17, 15) is 0 Å². The molecule has 1 aromatic heterocycles. The van der Waals surface area contributed by atoms with E-state index in [1.165, 1.54) is 32.1 Å². The molecule has 3 heteroatoms. The van der Waals surface area contributed by atoms with Crippen LogP contribution in [0.3, 0.4) is 0 Å². The van der Waals surface area contributed by atoms with Crippen LogP contribution in [-0.2, 0) is 6.54 Å². The Bertz CT molecular complexity index is 307. The summed E-state index contributed by atoms with van der Waals surface area (Å²) in [5, 5.41) is 3.77. The molecule has 0 radical (unpaired) electrons. The van der Waals surface area contributed by atoms with E-state index < -0.39 is 0 Å². The van der Waals surface area contributed by atoms with Crippen molar-refractivity contribution in [2.24, 2.45) is 5.92 Å². The number of aromatic nitrogens is 2. The molecule has 0 spiro atoms. The number of hydrogen-bond acceptors (Lipinski definition) is 2. The minimum atomic E-state index is 0.532. The van der Waals surface area contributed by atoms with Crippen molar-refractivity contribution in [3.05, 3.63) is 18.7 Å². The van der Waals surface area contributed by atoms with Crippen LogP contribution < -0.4 is 5.32 Å². The van der Waals surface area contributed by atoms with E-state index in [-0.39, 0.29) is 0 Å². The van der Waals surface area contributed by atoms with E-state index >= 15 is 0 Å². The fourth-order valence-electron chi connectivity index (χ4n) is 2.98. The van der Waals surface area contributed by atoms with Crippen molar-refractivity contribution >= 4 is 0 Å². The maximum absolute atomic E-state index is 4.08. The Labute approximate surface area is 105 Å². The van der Waals surface area contributed by atoms with Crippen molar-refractivity contribution in [1.82, 2.24) is 14.9 Å². The summed E-state index contributed by atoms with van der Waals surface area (Å²) in [6.45, 7) is 5.62. The molecule has 2 rings (SSSR count). The van der Waals surface area contributed by atoms with Crippen LogP contribution in [0.5, 0.6) is 0 Å². The molecule has 3 unspecified atom stereocenters. The summed E-state index contributed by atoms with van der Waals surface area (Å²) in [5.74, 6) is 0.946. The zero-order valence-corrected chi connectivity index (χ0v) is 11.1. The average Bonchev–Trinajstić information content (AvgIpc) is 2.82. The number of hydrogen-bond donors (Lipinski definition) is 1. The third-order valence-corrected chi connectivity index (χ3v) is 3.92. The molecule has 0 aromatic carbocycles.